The molecule has 29 heavy (non-hydrogen) atoms. The lowest BCUT2D eigenvalue weighted by atomic mass is 9.92. The molecule has 1 fully saturated rings. The summed E-state index contributed by atoms with van der Waals surface area (Å²) in [5.74, 6) is 1.01. The van der Waals surface area contributed by atoms with E-state index in [1.807, 2.05) is 4.90 Å². The summed E-state index contributed by atoms with van der Waals surface area (Å²) in [6.07, 6.45) is 0.979. The van der Waals surface area contributed by atoms with E-state index in [0.717, 1.165) is 24.3 Å². The molecule has 2 heterocycles. The summed E-state index contributed by atoms with van der Waals surface area (Å²) in [4.78, 5) is 14.6. The van der Waals surface area contributed by atoms with E-state index in [2.05, 4.69) is 80.8 Å². The number of hydrogen-bond acceptors (Lipinski definition) is 3. The standard InChI is InChI=1S/C24H31N3O2/c1-23(2)15-27(16-24(3,4)26-23)22(28)25-14-17-5-7-18(8-6-17)19-9-10-21-20(13-19)11-12-29-21/h5-10,13,26H,11-12,14-16H2,1-4H3,(H,25,28). The predicted molar refractivity (Wildman–Crippen MR) is 116 cm³/mol. The summed E-state index contributed by atoms with van der Waals surface area (Å²) < 4.78 is 5.59. The molecule has 0 radical (unpaired) electrons. The highest BCUT2D eigenvalue weighted by atomic mass is 16.5. The Kier molecular flexibility index (Phi) is 5.03. The summed E-state index contributed by atoms with van der Waals surface area (Å²) in [6.45, 7) is 11.2. The number of nitrogens with one attached hydrogen (secondary N) is 2. The molecule has 0 unspecified atom stereocenters. The number of amides is 2. The van der Waals surface area contributed by atoms with Gasteiger partial charge in [-0.1, -0.05) is 30.3 Å². The maximum atomic E-state index is 12.7. The molecule has 0 bridgehead atoms. The first-order valence-corrected chi connectivity index (χ1v) is 10.4. The van der Waals surface area contributed by atoms with E-state index in [9.17, 15) is 4.79 Å². The minimum atomic E-state index is -0.0956. The Bertz CT molecular complexity index is 887. The van der Waals surface area contributed by atoms with Crippen molar-refractivity contribution in [2.45, 2.75) is 51.7 Å². The molecular weight excluding hydrogens is 362 g/mol. The lowest BCUT2D eigenvalue weighted by Crippen LogP contribution is -2.68. The normalized spacial score (nSPS) is 19.4. The van der Waals surface area contributed by atoms with E-state index in [1.54, 1.807) is 0 Å². The van der Waals surface area contributed by atoms with Gasteiger partial charge in [0.2, 0.25) is 0 Å². The van der Waals surface area contributed by atoms with Crippen LogP contribution in [0.5, 0.6) is 5.75 Å². The molecule has 1 saturated heterocycles. The molecule has 0 atom stereocenters. The van der Waals surface area contributed by atoms with Crippen molar-refractivity contribution in [3.63, 3.8) is 0 Å². The first-order chi connectivity index (χ1) is 13.7. The van der Waals surface area contributed by atoms with Gasteiger partial charge in [0, 0.05) is 37.1 Å². The Morgan fingerprint density at radius 1 is 1.03 bits per heavy atom. The van der Waals surface area contributed by atoms with Crippen LogP contribution in [0.25, 0.3) is 11.1 Å². The fourth-order valence-corrected chi connectivity index (χ4v) is 4.62. The van der Waals surface area contributed by atoms with Gasteiger partial charge in [0.1, 0.15) is 5.75 Å². The number of carbonyl (C=O) groups excluding carboxylic acids is 1. The molecule has 154 valence electrons. The van der Waals surface area contributed by atoms with Crippen molar-refractivity contribution in [1.29, 1.82) is 0 Å². The van der Waals surface area contributed by atoms with Crippen LogP contribution in [0, 0.1) is 0 Å². The van der Waals surface area contributed by atoms with Gasteiger partial charge in [-0.3, -0.25) is 0 Å². The van der Waals surface area contributed by atoms with Gasteiger partial charge in [0.15, 0.2) is 0 Å². The second-order valence-electron chi connectivity index (χ2n) is 9.53. The van der Waals surface area contributed by atoms with Crippen molar-refractivity contribution in [1.82, 2.24) is 15.5 Å². The highest BCUT2D eigenvalue weighted by Crippen LogP contribution is 2.30. The molecule has 4 rings (SSSR count). The zero-order valence-electron chi connectivity index (χ0n) is 17.8. The summed E-state index contributed by atoms with van der Waals surface area (Å²) in [7, 11) is 0. The third-order valence-electron chi connectivity index (χ3n) is 5.56. The van der Waals surface area contributed by atoms with Crippen LogP contribution in [-0.2, 0) is 13.0 Å². The number of carbonyl (C=O) groups is 1. The van der Waals surface area contributed by atoms with Crippen LogP contribution in [0.15, 0.2) is 42.5 Å². The van der Waals surface area contributed by atoms with Gasteiger partial charge < -0.3 is 20.3 Å². The summed E-state index contributed by atoms with van der Waals surface area (Å²) in [6, 6.07) is 14.8. The predicted octanol–water partition coefficient (Wildman–Crippen LogP) is 3.96. The molecule has 2 aliphatic rings. The van der Waals surface area contributed by atoms with Gasteiger partial charge in [-0.05, 0) is 62.1 Å². The number of fused-ring (bicyclic) bond motifs is 1. The van der Waals surface area contributed by atoms with Crippen LogP contribution in [0.4, 0.5) is 4.79 Å². The highest BCUT2D eigenvalue weighted by Gasteiger charge is 2.38. The van der Waals surface area contributed by atoms with Crippen molar-refractivity contribution in [2.75, 3.05) is 19.7 Å². The van der Waals surface area contributed by atoms with Crippen molar-refractivity contribution in [3.05, 3.63) is 53.6 Å². The minimum absolute atomic E-state index is 0.00431. The molecule has 5 nitrogen and oxygen atoms in total. The number of urea groups is 1. The van der Waals surface area contributed by atoms with Crippen LogP contribution in [-0.4, -0.2) is 41.7 Å². The number of rotatable bonds is 3. The van der Waals surface area contributed by atoms with Crippen LogP contribution in [0.2, 0.25) is 0 Å². The third-order valence-corrected chi connectivity index (χ3v) is 5.56. The van der Waals surface area contributed by atoms with Crippen LogP contribution >= 0.6 is 0 Å². The van der Waals surface area contributed by atoms with Crippen LogP contribution in [0.1, 0.15) is 38.8 Å². The van der Waals surface area contributed by atoms with Crippen molar-refractivity contribution in [3.8, 4) is 16.9 Å². The zero-order valence-corrected chi connectivity index (χ0v) is 17.8. The Labute approximate surface area is 173 Å². The first kappa shape index (κ1) is 19.8. The molecular formula is C24H31N3O2. The Balaban J connectivity index is 1.37. The van der Waals surface area contributed by atoms with Crippen molar-refractivity contribution in [2.24, 2.45) is 0 Å². The van der Waals surface area contributed by atoms with Gasteiger partial charge in [-0.25, -0.2) is 4.79 Å². The molecule has 2 aromatic carbocycles. The first-order valence-electron chi connectivity index (χ1n) is 10.4. The molecule has 2 aromatic rings. The third kappa shape index (κ3) is 4.56. The molecule has 2 amide bonds. The number of piperazine rings is 1. The maximum Gasteiger partial charge on any atom is 0.317 e. The lowest BCUT2D eigenvalue weighted by molar-refractivity contribution is 0.0957. The second kappa shape index (κ2) is 7.38. The van der Waals surface area contributed by atoms with Crippen LogP contribution in [0.3, 0.4) is 0 Å². The fourth-order valence-electron chi connectivity index (χ4n) is 4.62. The van der Waals surface area contributed by atoms with E-state index in [4.69, 9.17) is 4.74 Å². The summed E-state index contributed by atoms with van der Waals surface area (Å²) in [5, 5.41) is 6.68. The van der Waals surface area contributed by atoms with E-state index in [-0.39, 0.29) is 17.1 Å². The number of hydrogen-bond donors (Lipinski definition) is 2. The van der Waals surface area contributed by atoms with E-state index in [0.29, 0.717) is 19.6 Å². The average molecular weight is 394 g/mol. The Morgan fingerprint density at radius 2 is 1.69 bits per heavy atom. The minimum Gasteiger partial charge on any atom is -0.493 e. The molecule has 0 aromatic heterocycles. The topological polar surface area (TPSA) is 53.6 Å². The van der Waals surface area contributed by atoms with E-state index >= 15 is 0 Å². The SMILES string of the molecule is CC1(C)CN(C(=O)NCc2ccc(-c3ccc4c(c3)CCO4)cc2)CC(C)(C)N1. The molecule has 5 heteroatoms. The maximum absolute atomic E-state index is 12.7. The van der Waals surface area contributed by atoms with Gasteiger partial charge in [-0.15, -0.1) is 0 Å². The molecule has 2 aliphatic heterocycles. The number of nitrogens with zero attached hydrogens (tertiary/aromatic N) is 1. The number of benzene rings is 2. The Morgan fingerprint density at radius 3 is 2.38 bits per heavy atom. The quantitative estimate of drug-likeness (QED) is 0.830. The second-order valence-corrected chi connectivity index (χ2v) is 9.53. The van der Waals surface area contributed by atoms with E-state index in [1.165, 1.54) is 16.7 Å². The van der Waals surface area contributed by atoms with Gasteiger partial charge in [-0.2, -0.15) is 0 Å². The monoisotopic (exact) mass is 393 g/mol. The Hall–Kier alpha value is -2.53. The van der Waals surface area contributed by atoms with Crippen LogP contribution < -0.4 is 15.4 Å². The van der Waals surface area contributed by atoms with E-state index < -0.39 is 0 Å². The van der Waals surface area contributed by atoms with Gasteiger partial charge >= 0.3 is 6.03 Å². The highest BCUT2D eigenvalue weighted by molar-refractivity contribution is 5.74. The molecule has 0 aliphatic carbocycles. The van der Waals surface area contributed by atoms with Gasteiger partial charge in [0.05, 0.1) is 6.61 Å². The molecule has 0 spiro atoms. The smallest absolute Gasteiger partial charge is 0.317 e. The molecule has 2 N–H and O–H groups in total. The number of ether oxygens (including phenoxy) is 1. The summed E-state index contributed by atoms with van der Waals surface area (Å²) >= 11 is 0. The summed E-state index contributed by atoms with van der Waals surface area (Å²) in [5.41, 5.74) is 4.57. The lowest BCUT2D eigenvalue weighted by Gasteiger charge is -2.48. The zero-order chi connectivity index (χ0) is 20.6. The van der Waals surface area contributed by atoms with Crippen molar-refractivity contribution >= 4 is 6.03 Å². The average Bonchev–Trinajstić information content (AvgIpc) is 3.12. The largest absolute Gasteiger partial charge is 0.493 e. The van der Waals surface area contributed by atoms with Crippen molar-refractivity contribution < 1.29 is 9.53 Å². The molecule has 0 saturated carbocycles. The van der Waals surface area contributed by atoms with Gasteiger partial charge in [0.25, 0.3) is 0 Å². The fraction of sp³-hybridized carbons (Fsp3) is 0.458.